The zero-order chi connectivity index (χ0) is 56.4. The first-order chi connectivity index (χ1) is 30.3. The summed E-state index contributed by atoms with van der Waals surface area (Å²) in [7, 11) is 4.06. The molecule has 1 aliphatic rings. The van der Waals surface area contributed by atoms with Crippen molar-refractivity contribution in [2.45, 2.75) is 103 Å². The van der Waals surface area contributed by atoms with Gasteiger partial charge in [-0.05, 0) is 112 Å². The molecule has 2 unspecified atom stereocenters. The minimum atomic E-state index is -3.61. The van der Waals surface area contributed by atoms with Gasteiger partial charge in [0.2, 0.25) is 13.6 Å². The Bertz CT molecular complexity index is 2270. The fourth-order valence-electron chi connectivity index (χ4n) is 2.35. The van der Waals surface area contributed by atoms with E-state index in [1.807, 2.05) is 20.8 Å². The Labute approximate surface area is 457 Å². The summed E-state index contributed by atoms with van der Waals surface area (Å²) >= 11 is 19.2. The number of hydrogen-bond donors (Lipinski definition) is 1. The van der Waals surface area contributed by atoms with Crippen LogP contribution in [0.4, 0.5) is 0 Å². The lowest BCUT2D eigenvalue weighted by molar-refractivity contribution is -0.164. The molecule has 1 heterocycles. The molecule has 0 radical (unpaired) electrons. The van der Waals surface area contributed by atoms with Crippen molar-refractivity contribution in [1.29, 1.82) is 0 Å². The average Bonchev–Trinajstić information content (AvgIpc) is 3.57. The van der Waals surface area contributed by atoms with Gasteiger partial charge in [0.05, 0.1) is 36.4 Å². The third-order valence-corrected chi connectivity index (χ3v) is 19.7. The number of alkyl halides is 3. The van der Waals surface area contributed by atoms with Crippen molar-refractivity contribution in [3.05, 3.63) is 54.1 Å². The van der Waals surface area contributed by atoms with Crippen molar-refractivity contribution in [3.63, 3.8) is 0 Å². The predicted molar refractivity (Wildman–Crippen MR) is 287 cm³/mol. The topological polar surface area (TPSA) is 286 Å². The Morgan fingerprint density at radius 2 is 1.12 bits per heavy atom. The highest BCUT2D eigenvalue weighted by molar-refractivity contribution is 9.10. The second-order valence-electron chi connectivity index (χ2n) is 15.2. The maximum atomic E-state index is 11.7. The number of rotatable bonds is 9. The molecule has 1 fully saturated rings. The number of aliphatic carboxylic acids is 1. The molecule has 69 heavy (non-hydrogen) atoms. The van der Waals surface area contributed by atoms with Gasteiger partial charge < -0.3 is 28.2 Å². The number of methoxy groups -OCH3 is 1. The first kappa shape index (κ1) is 78.4. The number of carbonyl (C=O) groups excluding carboxylic acids is 1. The normalized spacial score (nSPS) is 14.1. The summed E-state index contributed by atoms with van der Waals surface area (Å²) in [4.78, 5) is 31.6. The van der Waals surface area contributed by atoms with Crippen LogP contribution in [-0.4, -0.2) is 105 Å². The zero-order valence-electron chi connectivity index (χ0n) is 40.0. The van der Waals surface area contributed by atoms with Gasteiger partial charge in [0, 0.05) is 68.7 Å². The van der Waals surface area contributed by atoms with Crippen LogP contribution in [0.15, 0.2) is 58.3 Å². The van der Waals surface area contributed by atoms with Gasteiger partial charge in [-0.15, -0.1) is 0 Å². The van der Waals surface area contributed by atoms with E-state index < -0.39 is 72.0 Å². The van der Waals surface area contributed by atoms with Crippen molar-refractivity contribution >= 4 is 172 Å². The summed E-state index contributed by atoms with van der Waals surface area (Å²) < 4.78 is 118. The molecule has 1 aliphatic heterocycles. The first-order valence-electron chi connectivity index (χ1n) is 18.4. The zero-order valence-corrected chi connectivity index (χ0v) is 54.7. The Balaban J connectivity index is -0.000000231. The van der Waals surface area contributed by atoms with Crippen LogP contribution in [0.1, 0.15) is 61.0 Å². The summed E-state index contributed by atoms with van der Waals surface area (Å²) in [5.41, 5.74) is 1.01. The summed E-state index contributed by atoms with van der Waals surface area (Å²) in [6.07, 6.45) is 0.925. The van der Waals surface area contributed by atoms with Crippen molar-refractivity contribution in [3.8, 4) is 5.75 Å². The number of ether oxygens (including phenoxy) is 1. The number of benzene rings is 2. The van der Waals surface area contributed by atoms with Crippen LogP contribution < -0.4 is 9.63 Å². The van der Waals surface area contributed by atoms with Gasteiger partial charge in [0.15, 0.2) is 0 Å². The van der Waals surface area contributed by atoms with E-state index in [9.17, 15) is 53.4 Å². The molecule has 406 valence electrons. The summed E-state index contributed by atoms with van der Waals surface area (Å²) in [6.45, 7) is 15.2. The van der Waals surface area contributed by atoms with Crippen molar-refractivity contribution in [1.82, 2.24) is 0 Å². The standard InChI is InChI=1S/C10H21BrO2Si.C7H7ClO3S.C7H7ClO2S.C4H7BrO2.C2H4BrO2P.C2H4ClO3P.C2H6ClO3P.CH3ClO2S/c1-9(2,3)14(6,7)13-8(12)10(4,5)11;1-11-6-2-4-7(5-3-6)12(8,9)10;1-6-2-4-7(5-3-6)11(8,9)10;1-4(2,5)3(6)7;1-2(3)6(4)5;3-7(4)5-1-2-6-7;1-5-7(3,4)6-2;1-5(2,3)4/h1-7H3;2-5H,1H3;2-5H,1H3;1-2H3,(H,6,7);2H,1H3;1-2H2;1-2H3;1H3. The van der Waals surface area contributed by atoms with Gasteiger partial charge in [-0.2, -0.15) is 0 Å². The van der Waals surface area contributed by atoms with E-state index in [2.05, 4.69) is 110 Å². The molecule has 0 aliphatic carbocycles. The molecule has 3 rings (SSSR count). The van der Waals surface area contributed by atoms with Crippen LogP contribution in [0, 0.1) is 6.92 Å². The molecule has 19 nitrogen and oxygen atoms in total. The van der Waals surface area contributed by atoms with Gasteiger partial charge in [-0.1, -0.05) is 74.9 Å². The lowest BCUT2D eigenvalue weighted by atomic mass is 10.2. The number of aryl methyl sites for hydroxylation is 1. The predicted octanol–water partition coefficient (Wildman–Crippen LogP) is 12.5. The molecule has 0 aromatic heterocycles. The molecule has 0 amide bonds. The maximum absolute atomic E-state index is 11.7. The number of carbonyl (C=O) groups is 2. The minimum absolute atomic E-state index is 0.0703. The van der Waals surface area contributed by atoms with Crippen LogP contribution in [-0.2, 0) is 73.0 Å². The monoisotopic (exact) mass is 1410 g/mol. The first-order valence-corrected chi connectivity index (χ1v) is 37.3. The highest BCUT2D eigenvalue weighted by Crippen LogP contribution is 2.56. The van der Waals surface area contributed by atoms with Crippen LogP contribution in [0.3, 0.4) is 0 Å². The van der Waals surface area contributed by atoms with E-state index in [0.717, 1.165) is 11.8 Å². The largest absolute Gasteiger partial charge is 0.595 e. The van der Waals surface area contributed by atoms with Gasteiger partial charge in [-0.3, -0.25) is 18.6 Å². The van der Waals surface area contributed by atoms with Crippen LogP contribution in [0.2, 0.25) is 18.1 Å². The molecule has 0 saturated carbocycles. The fraction of sp³-hybridized carbons (Fsp3) is 0.600. The summed E-state index contributed by atoms with van der Waals surface area (Å²) in [6, 6.07) is 12.2. The highest BCUT2D eigenvalue weighted by atomic mass is 79.9. The molecule has 2 atom stereocenters. The average molecular weight is 1420 g/mol. The quantitative estimate of drug-likeness (QED) is 0.106. The molecular weight excluding hydrogens is 1360 g/mol. The van der Waals surface area contributed by atoms with Gasteiger partial charge in [0.1, 0.15) is 14.4 Å². The molecule has 0 bridgehead atoms. The number of halogens is 8. The highest BCUT2D eigenvalue weighted by Gasteiger charge is 2.42. The third-order valence-electron chi connectivity index (χ3n) is 7.09. The molecule has 1 saturated heterocycles. The lowest BCUT2D eigenvalue weighted by Crippen LogP contribution is -2.46. The Kier molecular flexibility index (Phi) is 39.7. The van der Waals surface area contributed by atoms with E-state index in [1.165, 1.54) is 57.7 Å². The Hall–Kier alpha value is 0.497. The van der Waals surface area contributed by atoms with Crippen LogP contribution in [0.25, 0.3) is 0 Å². The van der Waals surface area contributed by atoms with E-state index >= 15 is 0 Å². The molecule has 2 aromatic carbocycles. The minimum Gasteiger partial charge on any atom is -0.595 e. The smallest absolute Gasteiger partial charge is 0.424 e. The van der Waals surface area contributed by atoms with E-state index in [4.69, 9.17) is 58.1 Å². The lowest BCUT2D eigenvalue weighted by Gasteiger charge is -2.37. The van der Waals surface area contributed by atoms with Crippen molar-refractivity contribution in [2.24, 2.45) is 0 Å². The third kappa shape index (κ3) is 47.9. The van der Waals surface area contributed by atoms with Gasteiger partial charge in [0.25, 0.3) is 26.4 Å². The molecule has 0 spiro atoms. The van der Waals surface area contributed by atoms with Crippen molar-refractivity contribution in [2.75, 3.05) is 40.8 Å². The SMILES string of the molecule is CC(Br)[P+](=O)[O-].CC(C)(Br)C(=O)O.CC(C)(Br)C(=O)O[Si](C)(C)C(C)(C)C.COP(=O)(Cl)OC.COc1ccc(S(=O)(=O)Cl)cc1.CS(=O)(=O)Cl.Cc1ccc(S(=O)(=O)Cl)cc1.O=P1(Cl)OCCO1. The summed E-state index contributed by atoms with van der Waals surface area (Å²) in [5.74, 6) is -0.407. The van der Waals surface area contributed by atoms with Gasteiger partial charge in [-0.25, -0.2) is 34.4 Å². The molecular formula is C35H59Br3Cl5O19P3S3Si. The second kappa shape index (κ2) is 34.9. The maximum Gasteiger partial charge on any atom is 0.424 e. The Morgan fingerprint density at radius 3 is 1.28 bits per heavy atom. The number of hydrogen-bond acceptors (Lipinski definition) is 18. The van der Waals surface area contributed by atoms with Crippen LogP contribution in [0.5, 0.6) is 5.75 Å². The number of carboxylic acid groups (broad SMARTS) is 1. The van der Waals surface area contributed by atoms with E-state index in [1.54, 1.807) is 32.9 Å². The molecule has 1 N–H and O–H groups in total. The van der Waals surface area contributed by atoms with Crippen LogP contribution >= 0.6 is 124 Å². The van der Waals surface area contributed by atoms with Gasteiger partial charge >= 0.3 is 33.9 Å². The van der Waals surface area contributed by atoms with E-state index in [-0.39, 0.29) is 25.4 Å². The second-order valence-corrected chi connectivity index (χ2v) is 40.9. The molecule has 2 aromatic rings. The number of carboxylic acids is 1. The molecule has 34 heteroatoms. The summed E-state index contributed by atoms with van der Waals surface area (Å²) in [5, 5.41) is 8.27. The van der Waals surface area contributed by atoms with E-state index in [0.29, 0.717) is 19.0 Å². The van der Waals surface area contributed by atoms with Crippen molar-refractivity contribution < 1.29 is 85.8 Å². The Morgan fingerprint density at radius 1 is 0.826 bits per heavy atom. The fourth-order valence-corrected chi connectivity index (χ4v) is 6.37.